The Labute approximate surface area is 114 Å². The van der Waals surface area contributed by atoms with Gasteiger partial charge in [-0.05, 0) is 41.3 Å². The van der Waals surface area contributed by atoms with Crippen molar-refractivity contribution in [1.29, 1.82) is 0 Å². The van der Waals surface area contributed by atoms with Gasteiger partial charge >= 0.3 is 0 Å². The summed E-state index contributed by atoms with van der Waals surface area (Å²) in [5.41, 5.74) is 3.99. The average molecular weight is 254 g/mol. The van der Waals surface area contributed by atoms with Crippen molar-refractivity contribution >= 4 is 6.29 Å². The molecule has 0 unspecified atom stereocenters. The summed E-state index contributed by atoms with van der Waals surface area (Å²) >= 11 is 0. The number of hydrogen-bond donors (Lipinski definition) is 0. The van der Waals surface area contributed by atoms with Gasteiger partial charge in [-0.1, -0.05) is 37.6 Å². The highest BCUT2D eigenvalue weighted by molar-refractivity contribution is 5.88. The van der Waals surface area contributed by atoms with Crippen molar-refractivity contribution in [3.63, 3.8) is 0 Å². The third kappa shape index (κ3) is 3.02. The lowest BCUT2D eigenvalue weighted by atomic mass is 9.97. The molecule has 0 bridgehead atoms. The number of carbonyl (C=O) groups excluding carboxylic acids is 1. The second-order valence-corrected chi connectivity index (χ2v) is 4.52. The molecular weight excluding hydrogens is 236 g/mol. The summed E-state index contributed by atoms with van der Waals surface area (Å²) in [6.07, 6.45) is 3.05. The first-order valence-electron chi connectivity index (χ1n) is 6.51. The Morgan fingerprint density at radius 1 is 1.16 bits per heavy atom. The van der Waals surface area contributed by atoms with Gasteiger partial charge in [0.2, 0.25) is 0 Å². The third-order valence-electron chi connectivity index (χ3n) is 3.16. The fourth-order valence-electron chi connectivity index (χ4n) is 2.21. The molecule has 2 rings (SSSR count). The number of rotatable bonds is 5. The van der Waals surface area contributed by atoms with Gasteiger partial charge in [-0.25, -0.2) is 0 Å². The van der Waals surface area contributed by atoms with Crippen LogP contribution in [0.3, 0.4) is 0 Å². The van der Waals surface area contributed by atoms with Crippen LogP contribution in [-0.2, 0) is 6.42 Å². The van der Waals surface area contributed by atoms with Crippen molar-refractivity contribution in [2.45, 2.75) is 19.8 Å². The minimum atomic E-state index is 0.660. The van der Waals surface area contributed by atoms with Crippen LogP contribution in [0.15, 0.2) is 42.5 Å². The minimum absolute atomic E-state index is 0.660. The lowest BCUT2D eigenvalue weighted by molar-refractivity contribution is 0.112. The van der Waals surface area contributed by atoms with Crippen LogP contribution in [0.5, 0.6) is 5.75 Å². The number of aldehydes is 1. The normalized spacial score (nSPS) is 10.2. The van der Waals surface area contributed by atoms with E-state index in [-0.39, 0.29) is 0 Å². The van der Waals surface area contributed by atoms with Gasteiger partial charge in [0.05, 0.1) is 7.11 Å². The Morgan fingerprint density at radius 3 is 2.68 bits per heavy atom. The molecule has 0 radical (unpaired) electrons. The van der Waals surface area contributed by atoms with E-state index in [0.29, 0.717) is 11.3 Å². The summed E-state index contributed by atoms with van der Waals surface area (Å²) in [5, 5.41) is 0. The van der Waals surface area contributed by atoms with Crippen LogP contribution in [0.4, 0.5) is 0 Å². The van der Waals surface area contributed by atoms with Gasteiger partial charge in [-0.2, -0.15) is 0 Å². The second-order valence-electron chi connectivity index (χ2n) is 4.52. The maximum atomic E-state index is 11.2. The highest BCUT2D eigenvalue weighted by Crippen LogP contribution is 2.27. The van der Waals surface area contributed by atoms with E-state index in [1.165, 1.54) is 5.56 Å². The zero-order valence-corrected chi connectivity index (χ0v) is 11.3. The highest BCUT2D eigenvalue weighted by Gasteiger charge is 2.06. The molecule has 0 atom stereocenters. The summed E-state index contributed by atoms with van der Waals surface area (Å²) in [7, 11) is 1.60. The highest BCUT2D eigenvalue weighted by atomic mass is 16.5. The van der Waals surface area contributed by atoms with Gasteiger partial charge in [0.15, 0.2) is 6.29 Å². The Kier molecular flexibility index (Phi) is 4.35. The van der Waals surface area contributed by atoms with Gasteiger partial charge in [0, 0.05) is 5.56 Å². The lowest BCUT2D eigenvalue weighted by Gasteiger charge is -2.09. The van der Waals surface area contributed by atoms with E-state index in [9.17, 15) is 4.79 Å². The van der Waals surface area contributed by atoms with Crippen LogP contribution < -0.4 is 4.74 Å². The Morgan fingerprint density at radius 2 is 2.00 bits per heavy atom. The van der Waals surface area contributed by atoms with E-state index in [4.69, 9.17) is 4.74 Å². The largest absolute Gasteiger partial charge is 0.497 e. The van der Waals surface area contributed by atoms with Gasteiger partial charge in [0.25, 0.3) is 0 Å². The maximum absolute atomic E-state index is 11.2. The first kappa shape index (κ1) is 13.3. The summed E-state index contributed by atoms with van der Waals surface area (Å²) in [5.74, 6) is 0.704. The molecule has 98 valence electrons. The van der Waals surface area contributed by atoms with Crippen molar-refractivity contribution in [2.24, 2.45) is 0 Å². The first-order valence-corrected chi connectivity index (χ1v) is 6.51. The van der Waals surface area contributed by atoms with Gasteiger partial charge < -0.3 is 4.74 Å². The monoisotopic (exact) mass is 254 g/mol. The summed E-state index contributed by atoms with van der Waals surface area (Å²) in [6.45, 7) is 2.16. The number of benzene rings is 2. The fourth-order valence-corrected chi connectivity index (χ4v) is 2.21. The molecule has 0 spiro atoms. The average Bonchev–Trinajstić information content (AvgIpc) is 2.47. The summed E-state index contributed by atoms with van der Waals surface area (Å²) < 4.78 is 5.15. The zero-order valence-electron chi connectivity index (χ0n) is 11.3. The third-order valence-corrected chi connectivity index (χ3v) is 3.16. The molecule has 2 heteroatoms. The van der Waals surface area contributed by atoms with Crippen molar-refractivity contribution in [3.8, 4) is 16.9 Å². The van der Waals surface area contributed by atoms with E-state index in [0.717, 1.165) is 30.3 Å². The molecule has 19 heavy (non-hydrogen) atoms. The Hall–Kier alpha value is -2.09. The zero-order chi connectivity index (χ0) is 13.7. The van der Waals surface area contributed by atoms with E-state index in [1.54, 1.807) is 13.2 Å². The van der Waals surface area contributed by atoms with Gasteiger partial charge in [-0.3, -0.25) is 4.79 Å². The van der Waals surface area contributed by atoms with E-state index >= 15 is 0 Å². The second kappa shape index (κ2) is 6.19. The smallest absolute Gasteiger partial charge is 0.150 e. The molecule has 0 heterocycles. The molecule has 0 saturated heterocycles. The molecule has 0 fully saturated rings. The van der Waals surface area contributed by atoms with Crippen LogP contribution >= 0.6 is 0 Å². The quantitative estimate of drug-likeness (QED) is 0.750. The number of aryl methyl sites for hydroxylation is 1. The molecule has 0 aliphatic heterocycles. The first-order chi connectivity index (χ1) is 9.28. The predicted octanol–water partition coefficient (Wildman–Crippen LogP) is 4.13. The molecule has 2 aromatic rings. The topological polar surface area (TPSA) is 26.3 Å². The van der Waals surface area contributed by atoms with Crippen LogP contribution in [-0.4, -0.2) is 13.4 Å². The van der Waals surface area contributed by atoms with E-state index < -0.39 is 0 Å². The van der Waals surface area contributed by atoms with Crippen molar-refractivity contribution in [3.05, 3.63) is 53.6 Å². The number of methoxy groups -OCH3 is 1. The molecule has 0 aliphatic carbocycles. The Balaban J connectivity index is 2.45. The summed E-state index contributed by atoms with van der Waals surface area (Å²) in [6, 6.07) is 13.9. The van der Waals surface area contributed by atoms with Crippen molar-refractivity contribution in [1.82, 2.24) is 0 Å². The fraction of sp³-hybridized carbons (Fsp3) is 0.235. The molecule has 0 amide bonds. The standard InChI is InChI=1S/C17H18O2/c1-3-5-13-6-4-7-14(10-13)17-9-8-16(19-2)11-15(17)12-18/h4,6-12H,3,5H2,1-2H3. The SMILES string of the molecule is CCCc1cccc(-c2ccc(OC)cc2C=O)c1. The molecule has 2 nitrogen and oxygen atoms in total. The molecular formula is C17H18O2. The van der Waals surface area contributed by atoms with Crippen LogP contribution in [0, 0.1) is 0 Å². The molecule has 0 aromatic heterocycles. The van der Waals surface area contributed by atoms with E-state index in [1.807, 2.05) is 24.3 Å². The molecule has 2 aromatic carbocycles. The predicted molar refractivity (Wildman–Crippen MR) is 77.8 cm³/mol. The van der Waals surface area contributed by atoms with Crippen molar-refractivity contribution < 1.29 is 9.53 Å². The van der Waals surface area contributed by atoms with Crippen LogP contribution in [0.1, 0.15) is 29.3 Å². The lowest BCUT2D eigenvalue weighted by Crippen LogP contribution is -1.91. The van der Waals surface area contributed by atoms with Crippen LogP contribution in [0.2, 0.25) is 0 Å². The van der Waals surface area contributed by atoms with E-state index in [2.05, 4.69) is 19.1 Å². The number of ether oxygens (including phenoxy) is 1. The number of hydrogen-bond acceptors (Lipinski definition) is 2. The van der Waals surface area contributed by atoms with Crippen molar-refractivity contribution in [2.75, 3.05) is 7.11 Å². The van der Waals surface area contributed by atoms with Crippen LogP contribution in [0.25, 0.3) is 11.1 Å². The van der Waals surface area contributed by atoms with Gasteiger partial charge in [-0.15, -0.1) is 0 Å². The van der Waals surface area contributed by atoms with Gasteiger partial charge in [0.1, 0.15) is 5.75 Å². The maximum Gasteiger partial charge on any atom is 0.150 e. The summed E-state index contributed by atoms with van der Waals surface area (Å²) in [4.78, 5) is 11.2. The number of carbonyl (C=O) groups is 1. The molecule has 0 aliphatic rings. The molecule has 0 N–H and O–H groups in total. The molecule has 0 saturated carbocycles. The Bertz CT molecular complexity index is 573. The minimum Gasteiger partial charge on any atom is -0.497 e.